The second kappa shape index (κ2) is 7.82. The predicted octanol–water partition coefficient (Wildman–Crippen LogP) is 0.432. The Balaban J connectivity index is 1.76. The van der Waals surface area contributed by atoms with Crippen LogP contribution in [0, 0.1) is 5.92 Å². The number of rotatable bonds is 3. The molecule has 0 radical (unpaired) electrons. The SMILES string of the molecule is CNC(=O)C1CN(C)CCN(C(=O)c2ccnc(N3CCCC3)c2)C1. The van der Waals surface area contributed by atoms with Gasteiger partial charge in [-0.3, -0.25) is 9.59 Å². The number of hydrogen-bond donors (Lipinski definition) is 1. The third kappa shape index (κ3) is 4.10. The largest absolute Gasteiger partial charge is 0.359 e. The number of nitrogens with zero attached hydrogens (tertiary/aromatic N) is 4. The molecule has 2 aliphatic heterocycles. The smallest absolute Gasteiger partial charge is 0.254 e. The van der Waals surface area contributed by atoms with Gasteiger partial charge < -0.3 is 20.0 Å². The first kappa shape index (κ1) is 17.7. The lowest BCUT2D eigenvalue weighted by Crippen LogP contribution is -2.41. The van der Waals surface area contributed by atoms with Gasteiger partial charge in [-0.25, -0.2) is 4.98 Å². The summed E-state index contributed by atoms with van der Waals surface area (Å²) in [5, 5.41) is 2.71. The zero-order valence-electron chi connectivity index (χ0n) is 15.1. The van der Waals surface area contributed by atoms with Gasteiger partial charge in [-0.15, -0.1) is 0 Å². The molecule has 25 heavy (non-hydrogen) atoms. The number of anilines is 1. The molecule has 2 saturated heterocycles. The summed E-state index contributed by atoms with van der Waals surface area (Å²) >= 11 is 0. The molecule has 1 aromatic heterocycles. The third-order valence-corrected chi connectivity index (χ3v) is 5.05. The molecule has 7 nitrogen and oxygen atoms in total. The lowest BCUT2D eigenvalue weighted by atomic mass is 10.1. The van der Waals surface area contributed by atoms with Crippen LogP contribution in [0.3, 0.4) is 0 Å². The van der Waals surface area contributed by atoms with E-state index >= 15 is 0 Å². The molecule has 2 amide bonds. The highest BCUT2D eigenvalue weighted by atomic mass is 16.2. The Hall–Kier alpha value is -2.15. The standard InChI is InChI=1S/C18H27N5O2/c1-19-17(24)15-12-21(2)9-10-23(13-15)18(25)14-5-6-20-16(11-14)22-7-3-4-8-22/h5-6,11,15H,3-4,7-10,12-13H2,1-2H3,(H,19,24). The predicted molar refractivity (Wildman–Crippen MR) is 96.6 cm³/mol. The van der Waals surface area contributed by atoms with Gasteiger partial charge in [-0.05, 0) is 32.0 Å². The van der Waals surface area contributed by atoms with E-state index in [1.807, 2.05) is 13.1 Å². The van der Waals surface area contributed by atoms with Crippen molar-refractivity contribution in [1.82, 2.24) is 20.1 Å². The van der Waals surface area contributed by atoms with Crippen molar-refractivity contribution in [3.8, 4) is 0 Å². The van der Waals surface area contributed by atoms with Crippen LogP contribution in [0.4, 0.5) is 5.82 Å². The zero-order valence-corrected chi connectivity index (χ0v) is 15.1. The number of carbonyl (C=O) groups excluding carboxylic acids is 2. The van der Waals surface area contributed by atoms with E-state index in [9.17, 15) is 9.59 Å². The lowest BCUT2D eigenvalue weighted by molar-refractivity contribution is -0.125. The van der Waals surface area contributed by atoms with Crippen molar-refractivity contribution in [2.75, 3.05) is 58.3 Å². The van der Waals surface area contributed by atoms with Crippen molar-refractivity contribution in [2.45, 2.75) is 12.8 Å². The third-order valence-electron chi connectivity index (χ3n) is 5.05. The fourth-order valence-electron chi connectivity index (χ4n) is 3.58. The minimum Gasteiger partial charge on any atom is -0.359 e. The molecular formula is C18H27N5O2. The van der Waals surface area contributed by atoms with E-state index in [0.717, 1.165) is 25.5 Å². The van der Waals surface area contributed by atoms with Gasteiger partial charge >= 0.3 is 0 Å². The second-order valence-corrected chi connectivity index (χ2v) is 6.92. The van der Waals surface area contributed by atoms with Crippen molar-refractivity contribution < 1.29 is 9.59 Å². The molecule has 2 fully saturated rings. The average molecular weight is 345 g/mol. The Morgan fingerprint density at radius 3 is 2.64 bits per heavy atom. The summed E-state index contributed by atoms with van der Waals surface area (Å²) in [5.74, 6) is 0.630. The van der Waals surface area contributed by atoms with E-state index in [-0.39, 0.29) is 17.7 Å². The minimum absolute atomic E-state index is 0.0148. The molecule has 0 aromatic carbocycles. The van der Waals surface area contributed by atoms with Gasteiger partial charge in [0.1, 0.15) is 5.82 Å². The minimum atomic E-state index is -0.207. The summed E-state index contributed by atoms with van der Waals surface area (Å²) in [7, 11) is 3.63. The number of aromatic nitrogens is 1. The fraction of sp³-hybridized carbons (Fsp3) is 0.611. The molecule has 7 heteroatoms. The monoisotopic (exact) mass is 345 g/mol. The maximum atomic E-state index is 13.0. The molecule has 3 heterocycles. The van der Waals surface area contributed by atoms with E-state index in [2.05, 4.69) is 20.1 Å². The van der Waals surface area contributed by atoms with E-state index in [4.69, 9.17) is 0 Å². The van der Waals surface area contributed by atoms with Crippen molar-refractivity contribution in [3.63, 3.8) is 0 Å². The van der Waals surface area contributed by atoms with Gasteiger partial charge in [-0.2, -0.15) is 0 Å². The molecule has 1 aromatic rings. The maximum Gasteiger partial charge on any atom is 0.254 e. The van der Waals surface area contributed by atoms with Crippen molar-refractivity contribution in [1.29, 1.82) is 0 Å². The van der Waals surface area contributed by atoms with E-state index in [0.29, 0.717) is 25.2 Å². The van der Waals surface area contributed by atoms with Crippen molar-refractivity contribution >= 4 is 17.6 Å². The van der Waals surface area contributed by atoms with Crippen LogP contribution in [0.5, 0.6) is 0 Å². The second-order valence-electron chi connectivity index (χ2n) is 6.92. The molecule has 1 atom stereocenters. The Kier molecular flexibility index (Phi) is 5.53. The van der Waals surface area contributed by atoms with Gasteiger partial charge in [-0.1, -0.05) is 0 Å². The highest BCUT2D eigenvalue weighted by molar-refractivity contribution is 5.95. The molecule has 0 aliphatic carbocycles. The number of likely N-dealkylation sites (N-methyl/N-ethyl adjacent to an activating group) is 1. The van der Waals surface area contributed by atoms with Crippen LogP contribution in [-0.2, 0) is 4.79 Å². The molecular weight excluding hydrogens is 318 g/mol. The van der Waals surface area contributed by atoms with Gasteiger partial charge in [0.25, 0.3) is 5.91 Å². The summed E-state index contributed by atoms with van der Waals surface area (Å²) in [6.07, 6.45) is 4.05. The van der Waals surface area contributed by atoms with Gasteiger partial charge in [0.05, 0.1) is 5.92 Å². The molecule has 0 saturated carbocycles. The average Bonchev–Trinajstić information content (AvgIpc) is 3.10. The number of pyridine rings is 1. The van der Waals surface area contributed by atoms with E-state index in [1.54, 1.807) is 24.2 Å². The Morgan fingerprint density at radius 2 is 1.92 bits per heavy atom. The quantitative estimate of drug-likeness (QED) is 0.861. The highest BCUT2D eigenvalue weighted by Crippen LogP contribution is 2.20. The first-order valence-corrected chi connectivity index (χ1v) is 8.99. The van der Waals surface area contributed by atoms with Crippen molar-refractivity contribution in [2.24, 2.45) is 5.92 Å². The van der Waals surface area contributed by atoms with Crippen LogP contribution < -0.4 is 10.2 Å². The Bertz CT molecular complexity index is 630. The number of carbonyl (C=O) groups is 2. The van der Waals surface area contributed by atoms with Crippen molar-refractivity contribution in [3.05, 3.63) is 23.9 Å². The lowest BCUT2D eigenvalue weighted by Gasteiger charge is -2.24. The summed E-state index contributed by atoms with van der Waals surface area (Å²) in [6, 6.07) is 3.66. The van der Waals surface area contributed by atoms with Gasteiger partial charge in [0.2, 0.25) is 5.91 Å². The van der Waals surface area contributed by atoms with Gasteiger partial charge in [0, 0.05) is 58.1 Å². The van der Waals surface area contributed by atoms with E-state index in [1.165, 1.54) is 12.8 Å². The summed E-state index contributed by atoms with van der Waals surface area (Å²) in [4.78, 5) is 35.7. The number of hydrogen-bond acceptors (Lipinski definition) is 5. The maximum absolute atomic E-state index is 13.0. The fourth-order valence-corrected chi connectivity index (χ4v) is 3.58. The number of nitrogens with one attached hydrogen (secondary N) is 1. The molecule has 1 unspecified atom stereocenters. The Morgan fingerprint density at radius 1 is 1.16 bits per heavy atom. The highest BCUT2D eigenvalue weighted by Gasteiger charge is 2.29. The van der Waals surface area contributed by atoms with Crippen LogP contribution in [0.25, 0.3) is 0 Å². The molecule has 0 bridgehead atoms. The number of amides is 2. The van der Waals surface area contributed by atoms with Crippen LogP contribution in [0.15, 0.2) is 18.3 Å². The summed E-state index contributed by atoms with van der Waals surface area (Å²) < 4.78 is 0. The van der Waals surface area contributed by atoms with E-state index < -0.39 is 0 Å². The molecule has 1 N–H and O–H groups in total. The first-order chi connectivity index (χ1) is 12.1. The van der Waals surface area contributed by atoms with Crippen LogP contribution in [0.1, 0.15) is 23.2 Å². The van der Waals surface area contributed by atoms with Crippen LogP contribution in [0.2, 0.25) is 0 Å². The zero-order chi connectivity index (χ0) is 17.8. The Labute approximate surface area is 149 Å². The van der Waals surface area contributed by atoms with Crippen LogP contribution in [-0.4, -0.2) is 80.0 Å². The summed E-state index contributed by atoms with van der Waals surface area (Å²) in [5.41, 5.74) is 0.650. The first-order valence-electron chi connectivity index (χ1n) is 8.99. The van der Waals surface area contributed by atoms with Gasteiger partial charge in [0.15, 0.2) is 0 Å². The molecule has 2 aliphatic rings. The summed E-state index contributed by atoms with van der Waals surface area (Å²) in [6.45, 7) is 4.51. The topological polar surface area (TPSA) is 68.8 Å². The molecule has 3 rings (SSSR count). The molecule has 136 valence electrons. The molecule has 0 spiro atoms. The van der Waals surface area contributed by atoms with Crippen LogP contribution >= 0.6 is 0 Å². The normalized spacial score (nSPS) is 21.9.